The molecule has 0 spiro atoms. The summed E-state index contributed by atoms with van der Waals surface area (Å²) >= 11 is 0. The molecule has 0 rings (SSSR count). The summed E-state index contributed by atoms with van der Waals surface area (Å²) < 4.78 is 0. The molecule has 0 aromatic rings. The fraction of sp³-hybridized carbons (Fsp3) is 1.00. The zero-order valence-corrected chi connectivity index (χ0v) is 54.3. The molecule has 25 heteroatoms. The molecule has 526 valence electrons. The zero-order valence-electron chi connectivity index (χ0n) is 54.3. The molecule has 0 aromatic carbocycles. The summed E-state index contributed by atoms with van der Waals surface area (Å²) in [5, 5.41) is 223. The van der Waals surface area contributed by atoms with Crippen molar-refractivity contribution in [3.8, 4) is 0 Å². The Kier molecular flexibility index (Phi) is 83.0. The van der Waals surface area contributed by atoms with E-state index in [4.69, 9.17) is 91.9 Å². The highest BCUT2D eigenvalue weighted by molar-refractivity contribution is 4.81. The van der Waals surface area contributed by atoms with Crippen LogP contribution in [0.25, 0.3) is 0 Å². The number of hydrogen-bond acceptors (Lipinski definition) is 25. The molecule has 18 atom stereocenters. The molecular weight excluding hydrogens is 1120 g/mol. The Labute approximate surface area is 511 Å². The monoisotopic (exact) mass is 1260 g/mol. The van der Waals surface area contributed by atoms with E-state index in [0.29, 0.717) is 50.9 Å². The van der Waals surface area contributed by atoms with Crippen LogP contribution in [0.2, 0.25) is 0 Å². The van der Waals surface area contributed by atoms with Crippen molar-refractivity contribution in [3.05, 3.63) is 0 Å². The largest absolute Gasteiger partial charge is 0.396 e. The summed E-state index contributed by atoms with van der Waals surface area (Å²) in [5.41, 5.74) is -0.658. The van der Waals surface area contributed by atoms with Crippen molar-refractivity contribution >= 4 is 0 Å². The van der Waals surface area contributed by atoms with Gasteiger partial charge in [0.05, 0.1) is 101 Å². The van der Waals surface area contributed by atoms with Crippen molar-refractivity contribution in [1.29, 1.82) is 0 Å². The second-order valence-corrected chi connectivity index (χ2v) is 22.0. The van der Waals surface area contributed by atoms with Gasteiger partial charge in [0, 0.05) is 31.5 Å². The lowest BCUT2D eigenvalue weighted by molar-refractivity contribution is -0.116. The number of unbranched alkanes of at least 4 members (excludes halogenated alkanes) is 3. The maximum absolute atomic E-state index is 9.25. The standard InChI is InChI=1S/C8H18O5.2C8H18O4.2C8H18O3.C7H16O3.C7H16O2.C6H14O/c1-2-3-5(10)7(12)8(13)6(11)4-9;1-3-4-6(10)8(12)7(11)5(2)9;1-2-3-6(10)4-7(11)8(12)5-9;1-3-4-5-7(10)8(11)6(2)9;1-2-3-4-7(10)5-8(11)6-9;1-2-3-7(4-8,5-9)6-10;1-2-3-7(6-9)4-5-8;1-3-4-5-6(2)7/h5-13H,2-4H2,1H3;5-12H,3-4H2,1-2H3;6-12H,2-5H2,1H3;6-11H,3-5H2,1-2H3;7-11H,2-6H2,1H3;8-10H,2-6H2,1H3;7-9H,2-6H2,1H3;6-7H,3-5H2,1-2H3. The van der Waals surface area contributed by atoms with Gasteiger partial charge < -0.3 is 128 Å². The van der Waals surface area contributed by atoms with Crippen LogP contribution in [0.15, 0.2) is 0 Å². The summed E-state index contributed by atoms with van der Waals surface area (Å²) in [5.74, 6) is 0.319. The van der Waals surface area contributed by atoms with E-state index in [1.165, 1.54) is 20.3 Å². The normalized spacial score (nSPS) is 17.5. The maximum Gasteiger partial charge on any atom is 0.110 e. The molecule has 25 N–H and O–H groups in total. The summed E-state index contributed by atoms with van der Waals surface area (Å²) in [6.45, 7) is 19.1. The maximum atomic E-state index is 9.25. The van der Waals surface area contributed by atoms with E-state index in [0.717, 1.165) is 77.0 Å². The Morgan fingerprint density at radius 1 is 0.282 bits per heavy atom. The van der Waals surface area contributed by atoms with Crippen molar-refractivity contribution in [1.82, 2.24) is 0 Å². The molecule has 85 heavy (non-hydrogen) atoms. The minimum atomic E-state index is -1.51. The lowest BCUT2D eigenvalue weighted by Crippen LogP contribution is -2.45. The van der Waals surface area contributed by atoms with Gasteiger partial charge in [-0.05, 0) is 84.5 Å². The number of rotatable bonds is 41. The van der Waals surface area contributed by atoms with Gasteiger partial charge in [0.25, 0.3) is 0 Å². The van der Waals surface area contributed by atoms with E-state index < -0.39 is 116 Å². The lowest BCUT2D eigenvalue weighted by atomic mass is 9.86. The van der Waals surface area contributed by atoms with Gasteiger partial charge in [-0.1, -0.05) is 126 Å². The van der Waals surface area contributed by atoms with E-state index in [2.05, 4.69) is 20.8 Å². The van der Waals surface area contributed by atoms with Crippen LogP contribution in [0.3, 0.4) is 0 Å². The molecule has 0 radical (unpaired) electrons. The van der Waals surface area contributed by atoms with Gasteiger partial charge in [-0.25, -0.2) is 0 Å². The highest BCUT2D eigenvalue weighted by atomic mass is 16.4. The SMILES string of the molecule is CCCC(CO)(CO)CO.CCCC(CO)CCO.CCCC(O)C(O)C(O)C(C)O.CCCC(O)C(O)C(O)C(O)CO.CCCC(O)CC(O)C(O)CO.CCCCC(C)O.CCCCC(O)C(O)C(C)O.CCCCC(O)CC(O)CO. The molecule has 0 heterocycles. The minimum absolute atomic E-state index is 0.0973. The van der Waals surface area contributed by atoms with Crippen LogP contribution in [-0.2, 0) is 0 Å². The van der Waals surface area contributed by atoms with Crippen LogP contribution < -0.4 is 0 Å². The first-order chi connectivity index (χ1) is 39.8. The van der Waals surface area contributed by atoms with Gasteiger partial charge >= 0.3 is 0 Å². The molecule has 0 aromatic heterocycles. The molecule has 0 aliphatic carbocycles. The Balaban J connectivity index is -0.000000134. The molecule has 0 saturated carbocycles. The first kappa shape index (κ1) is 100. The Hall–Kier alpha value is -1.00. The average molecular weight is 1260 g/mol. The molecule has 0 bridgehead atoms. The van der Waals surface area contributed by atoms with E-state index in [9.17, 15) is 35.7 Å². The molecule has 0 aliphatic rings. The minimum Gasteiger partial charge on any atom is -0.396 e. The van der Waals surface area contributed by atoms with Crippen LogP contribution in [0.4, 0.5) is 0 Å². The third-order valence-corrected chi connectivity index (χ3v) is 13.1. The summed E-state index contributed by atoms with van der Waals surface area (Å²) in [6, 6.07) is 0. The number of aliphatic hydroxyl groups is 25. The summed E-state index contributed by atoms with van der Waals surface area (Å²) in [6.07, 6.45) is 0.215. The van der Waals surface area contributed by atoms with Crippen molar-refractivity contribution in [3.63, 3.8) is 0 Å². The van der Waals surface area contributed by atoms with E-state index in [-0.39, 0.29) is 58.6 Å². The zero-order chi connectivity index (χ0) is 68.1. The lowest BCUT2D eigenvalue weighted by Gasteiger charge is -2.26. The van der Waals surface area contributed by atoms with Crippen LogP contribution >= 0.6 is 0 Å². The molecular formula is C60H136O25. The Bertz CT molecular complexity index is 1220. The van der Waals surface area contributed by atoms with Crippen LogP contribution in [-0.4, -0.2) is 284 Å². The van der Waals surface area contributed by atoms with Crippen molar-refractivity contribution < 1.29 is 128 Å². The van der Waals surface area contributed by atoms with Gasteiger partial charge in [-0.15, -0.1) is 0 Å². The van der Waals surface area contributed by atoms with Crippen LogP contribution in [0.1, 0.15) is 217 Å². The van der Waals surface area contributed by atoms with E-state index >= 15 is 0 Å². The van der Waals surface area contributed by atoms with Gasteiger partial charge in [-0.3, -0.25) is 0 Å². The van der Waals surface area contributed by atoms with E-state index in [1.54, 1.807) is 0 Å². The Morgan fingerprint density at radius 2 is 0.659 bits per heavy atom. The molecule has 25 nitrogen and oxygen atoms in total. The number of aliphatic hydroxyl groups excluding tert-OH is 25. The van der Waals surface area contributed by atoms with Crippen LogP contribution in [0, 0.1) is 11.3 Å². The van der Waals surface area contributed by atoms with Gasteiger partial charge in [0.2, 0.25) is 0 Å². The third-order valence-electron chi connectivity index (χ3n) is 13.1. The first-order valence-electron chi connectivity index (χ1n) is 31.3. The quantitative estimate of drug-likeness (QED) is 0.0362. The van der Waals surface area contributed by atoms with Crippen molar-refractivity contribution in [2.24, 2.45) is 11.3 Å². The van der Waals surface area contributed by atoms with Gasteiger partial charge in [-0.2, -0.15) is 0 Å². The third kappa shape index (κ3) is 65.8. The molecule has 0 aliphatic heterocycles. The molecule has 0 saturated heterocycles. The fourth-order valence-electron chi connectivity index (χ4n) is 7.20. The van der Waals surface area contributed by atoms with E-state index in [1.807, 2.05) is 41.5 Å². The Morgan fingerprint density at radius 3 is 0.965 bits per heavy atom. The van der Waals surface area contributed by atoms with Gasteiger partial charge in [0.15, 0.2) is 0 Å². The first-order valence-corrected chi connectivity index (χ1v) is 31.3. The summed E-state index contributed by atoms with van der Waals surface area (Å²) in [7, 11) is 0. The number of hydrogen-bond donors (Lipinski definition) is 25. The van der Waals surface area contributed by atoms with Crippen molar-refractivity contribution in [2.75, 3.05) is 52.9 Å². The summed E-state index contributed by atoms with van der Waals surface area (Å²) in [4.78, 5) is 0. The second kappa shape index (κ2) is 70.5. The highest BCUT2D eigenvalue weighted by Gasteiger charge is 2.30. The molecule has 0 fully saturated rings. The second-order valence-electron chi connectivity index (χ2n) is 22.0. The molecule has 0 amide bonds. The fourth-order valence-corrected chi connectivity index (χ4v) is 7.20. The van der Waals surface area contributed by atoms with Crippen molar-refractivity contribution in [2.45, 2.75) is 321 Å². The molecule has 18 unspecified atom stereocenters. The predicted octanol–water partition coefficient (Wildman–Crippen LogP) is -0.631. The van der Waals surface area contributed by atoms with Crippen LogP contribution in [0.5, 0.6) is 0 Å². The highest BCUT2D eigenvalue weighted by Crippen LogP contribution is 2.21. The smallest absolute Gasteiger partial charge is 0.110 e. The average Bonchev–Trinajstić information content (AvgIpc) is 3.54. The predicted molar refractivity (Wildman–Crippen MR) is 329 cm³/mol. The van der Waals surface area contributed by atoms with Gasteiger partial charge in [0.1, 0.15) is 42.7 Å². The topological polar surface area (TPSA) is 506 Å².